The van der Waals surface area contributed by atoms with Gasteiger partial charge in [-0.3, -0.25) is 9.69 Å². The van der Waals surface area contributed by atoms with E-state index in [1.54, 1.807) is 0 Å². The highest BCUT2D eigenvalue weighted by Gasteiger charge is 2.30. The first-order valence-electron chi connectivity index (χ1n) is 7.71. The van der Waals surface area contributed by atoms with Gasteiger partial charge in [0.05, 0.1) is 12.6 Å². The number of carbonyl (C=O) groups is 1. The van der Waals surface area contributed by atoms with Crippen molar-refractivity contribution < 1.29 is 9.90 Å². The van der Waals surface area contributed by atoms with Crippen LogP contribution >= 0.6 is 0 Å². The Labute approximate surface area is 127 Å². The van der Waals surface area contributed by atoms with E-state index in [4.69, 9.17) is 0 Å². The minimum Gasteiger partial charge on any atom is -0.393 e. The van der Waals surface area contributed by atoms with Crippen molar-refractivity contribution in [1.82, 2.24) is 10.2 Å². The number of aliphatic hydroxyl groups is 1. The fourth-order valence-electron chi connectivity index (χ4n) is 3.03. The summed E-state index contributed by atoms with van der Waals surface area (Å²) in [7, 11) is 0. The summed E-state index contributed by atoms with van der Waals surface area (Å²) in [4.78, 5) is 14.3. The molecular weight excluding hydrogens is 264 g/mol. The Morgan fingerprint density at radius 2 is 1.81 bits per heavy atom. The molecule has 1 saturated heterocycles. The van der Waals surface area contributed by atoms with Crippen molar-refractivity contribution in [2.75, 3.05) is 6.54 Å². The number of aliphatic hydroxyl groups excluding tert-OH is 1. The Kier molecular flexibility index (Phi) is 5.37. The van der Waals surface area contributed by atoms with Crippen LogP contribution in [-0.2, 0) is 11.3 Å². The van der Waals surface area contributed by atoms with E-state index in [9.17, 15) is 9.90 Å². The molecular formula is C17H26N2O2. The van der Waals surface area contributed by atoms with Gasteiger partial charge < -0.3 is 10.4 Å². The van der Waals surface area contributed by atoms with Crippen LogP contribution in [0.5, 0.6) is 0 Å². The first-order chi connectivity index (χ1) is 9.95. The van der Waals surface area contributed by atoms with Crippen molar-refractivity contribution >= 4 is 5.91 Å². The summed E-state index contributed by atoms with van der Waals surface area (Å²) in [6.45, 7) is 7.17. The van der Waals surface area contributed by atoms with E-state index in [2.05, 4.69) is 43.1 Å². The number of aryl methyl sites for hydroxylation is 1. The van der Waals surface area contributed by atoms with Gasteiger partial charge in [-0.1, -0.05) is 29.8 Å². The molecule has 0 saturated carbocycles. The number of nitrogens with zero attached hydrogens (tertiary/aromatic N) is 1. The largest absolute Gasteiger partial charge is 0.393 e. The van der Waals surface area contributed by atoms with Crippen LogP contribution in [0.2, 0.25) is 0 Å². The van der Waals surface area contributed by atoms with Crippen molar-refractivity contribution in [2.24, 2.45) is 0 Å². The van der Waals surface area contributed by atoms with E-state index in [1.165, 1.54) is 5.56 Å². The van der Waals surface area contributed by atoms with Crippen LogP contribution in [0.4, 0.5) is 0 Å². The summed E-state index contributed by atoms with van der Waals surface area (Å²) in [6, 6.07) is 8.67. The van der Waals surface area contributed by atoms with Crippen molar-refractivity contribution in [3.05, 3.63) is 35.4 Å². The van der Waals surface area contributed by atoms with E-state index in [0.29, 0.717) is 13.1 Å². The summed E-state index contributed by atoms with van der Waals surface area (Å²) in [5.41, 5.74) is 2.34. The first-order valence-corrected chi connectivity index (χ1v) is 7.71. The topological polar surface area (TPSA) is 52.6 Å². The highest BCUT2D eigenvalue weighted by Crippen LogP contribution is 2.22. The number of carbonyl (C=O) groups excluding carboxylic acids is 1. The summed E-state index contributed by atoms with van der Waals surface area (Å²) >= 11 is 0. The molecule has 116 valence electrons. The number of hydrogen-bond donors (Lipinski definition) is 2. The SMILES string of the molecule is Cc1ccc(CNC(=O)CN2[C@H](C)CC(O)C[C@@H]2C)cc1. The Morgan fingerprint density at radius 1 is 1.24 bits per heavy atom. The van der Waals surface area contributed by atoms with Gasteiger partial charge in [0.15, 0.2) is 0 Å². The lowest BCUT2D eigenvalue weighted by molar-refractivity contribution is -0.124. The molecule has 1 aliphatic rings. The van der Waals surface area contributed by atoms with Crippen LogP contribution in [0, 0.1) is 6.92 Å². The zero-order valence-corrected chi connectivity index (χ0v) is 13.2. The minimum atomic E-state index is -0.234. The lowest BCUT2D eigenvalue weighted by Gasteiger charge is -2.40. The van der Waals surface area contributed by atoms with Gasteiger partial charge in [0, 0.05) is 18.6 Å². The summed E-state index contributed by atoms with van der Waals surface area (Å²) < 4.78 is 0. The van der Waals surface area contributed by atoms with Crippen LogP contribution in [0.3, 0.4) is 0 Å². The Balaban J connectivity index is 1.82. The zero-order valence-electron chi connectivity index (χ0n) is 13.2. The fraction of sp³-hybridized carbons (Fsp3) is 0.588. The molecule has 4 heteroatoms. The van der Waals surface area contributed by atoms with Crippen molar-refractivity contribution in [1.29, 1.82) is 0 Å². The number of hydrogen-bond acceptors (Lipinski definition) is 3. The molecule has 4 nitrogen and oxygen atoms in total. The van der Waals surface area contributed by atoms with Crippen molar-refractivity contribution in [3.8, 4) is 0 Å². The molecule has 2 N–H and O–H groups in total. The van der Waals surface area contributed by atoms with Crippen LogP contribution in [0.25, 0.3) is 0 Å². The second-order valence-corrected chi connectivity index (χ2v) is 6.26. The maximum absolute atomic E-state index is 12.1. The average Bonchev–Trinajstić information content (AvgIpc) is 2.42. The second kappa shape index (κ2) is 7.05. The molecule has 1 aliphatic heterocycles. The number of nitrogens with one attached hydrogen (secondary N) is 1. The predicted molar refractivity (Wildman–Crippen MR) is 83.9 cm³/mol. The van der Waals surface area contributed by atoms with Gasteiger partial charge in [-0.2, -0.15) is 0 Å². The number of amides is 1. The van der Waals surface area contributed by atoms with Gasteiger partial charge in [0.2, 0.25) is 5.91 Å². The molecule has 0 aromatic heterocycles. The summed E-state index contributed by atoms with van der Waals surface area (Å²) in [5.74, 6) is 0.0469. The third-order valence-electron chi connectivity index (χ3n) is 4.30. The maximum Gasteiger partial charge on any atom is 0.234 e. The maximum atomic E-state index is 12.1. The molecule has 0 spiro atoms. The van der Waals surface area contributed by atoms with Crippen LogP contribution in [-0.4, -0.2) is 40.6 Å². The third kappa shape index (κ3) is 4.55. The molecule has 1 heterocycles. The smallest absolute Gasteiger partial charge is 0.234 e. The van der Waals surface area contributed by atoms with Gasteiger partial charge in [0.25, 0.3) is 0 Å². The van der Waals surface area contributed by atoms with E-state index >= 15 is 0 Å². The molecule has 1 unspecified atom stereocenters. The minimum absolute atomic E-state index is 0.0469. The van der Waals surface area contributed by atoms with Gasteiger partial charge in [-0.05, 0) is 39.2 Å². The quantitative estimate of drug-likeness (QED) is 0.890. The molecule has 0 aliphatic carbocycles. The lowest BCUT2D eigenvalue weighted by atomic mass is 9.95. The van der Waals surface area contributed by atoms with E-state index in [0.717, 1.165) is 18.4 Å². The zero-order chi connectivity index (χ0) is 15.4. The molecule has 21 heavy (non-hydrogen) atoms. The first kappa shape index (κ1) is 16.0. The molecule has 1 aromatic rings. The highest BCUT2D eigenvalue weighted by molar-refractivity contribution is 5.78. The molecule has 1 fully saturated rings. The predicted octanol–water partition coefficient (Wildman–Crippen LogP) is 1.84. The molecule has 3 atom stereocenters. The van der Waals surface area contributed by atoms with Gasteiger partial charge in [-0.25, -0.2) is 0 Å². The monoisotopic (exact) mass is 290 g/mol. The Hall–Kier alpha value is -1.39. The van der Waals surface area contributed by atoms with Gasteiger partial charge >= 0.3 is 0 Å². The standard InChI is InChI=1S/C17H26N2O2/c1-12-4-6-15(7-5-12)10-18-17(21)11-19-13(2)8-16(20)9-14(19)3/h4-7,13-14,16,20H,8-11H2,1-3H3,(H,18,21)/t13-,14+,16?. The van der Waals surface area contributed by atoms with Crippen molar-refractivity contribution in [3.63, 3.8) is 0 Å². The number of likely N-dealkylation sites (tertiary alicyclic amines) is 1. The average molecular weight is 290 g/mol. The second-order valence-electron chi connectivity index (χ2n) is 6.26. The van der Waals surface area contributed by atoms with Gasteiger partial charge in [-0.15, -0.1) is 0 Å². The normalized spacial score (nSPS) is 26.6. The van der Waals surface area contributed by atoms with Crippen LogP contribution < -0.4 is 5.32 Å². The fourth-order valence-corrected chi connectivity index (χ4v) is 3.03. The van der Waals surface area contributed by atoms with E-state index in [-0.39, 0.29) is 24.1 Å². The summed E-state index contributed by atoms with van der Waals surface area (Å²) in [5, 5.41) is 12.7. The highest BCUT2D eigenvalue weighted by atomic mass is 16.3. The van der Waals surface area contributed by atoms with E-state index < -0.39 is 0 Å². The molecule has 1 aromatic carbocycles. The van der Waals surface area contributed by atoms with Crippen LogP contribution in [0.15, 0.2) is 24.3 Å². The van der Waals surface area contributed by atoms with E-state index in [1.807, 2.05) is 12.1 Å². The number of benzene rings is 1. The molecule has 0 bridgehead atoms. The Morgan fingerprint density at radius 3 is 2.38 bits per heavy atom. The number of piperidine rings is 1. The van der Waals surface area contributed by atoms with Gasteiger partial charge in [0.1, 0.15) is 0 Å². The number of rotatable bonds is 4. The molecule has 2 rings (SSSR count). The Bertz CT molecular complexity index is 460. The van der Waals surface area contributed by atoms with Crippen molar-refractivity contribution in [2.45, 2.75) is 58.3 Å². The molecule has 1 amide bonds. The third-order valence-corrected chi connectivity index (χ3v) is 4.30. The summed E-state index contributed by atoms with van der Waals surface area (Å²) in [6.07, 6.45) is 1.26. The lowest BCUT2D eigenvalue weighted by Crippen LogP contribution is -2.51. The van der Waals surface area contributed by atoms with Crippen LogP contribution in [0.1, 0.15) is 37.8 Å². The molecule has 0 radical (unpaired) electrons.